The lowest BCUT2D eigenvalue weighted by molar-refractivity contribution is -0.384. The van der Waals surface area contributed by atoms with Crippen molar-refractivity contribution in [1.29, 1.82) is 0 Å². The molecule has 0 radical (unpaired) electrons. The number of carbonyl (C=O) groups is 1. The summed E-state index contributed by atoms with van der Waals surface area (Å²) in [4.78, 5) is 33.8. The van der Waals surface area contributed by atoms with E-state index in [1.54, 1.807) is 30.6 Å². The number of nitro groups is 1. The highest BCUT2D eigenvalue weighted by molar-refractivity contribution is 5.94. The Balaban J connectivity index is 1.15. The van der Waals surface area contributed by atoms with E-state index in [-0.39, 0.29) is 10.6 Å². The summed E-state index contributed by atoms with van der Waals surface area (Å²) in [6.07, 6.45) is 10.0. The van der Waals surface area contributed by atoms with Crippen molar-refractivity contribution in [1.82, 2.24) is 9.97 Å². The topological polar surface area (TPSA) is 127 Å². The van der Waals surface area contributed by atoms with Crippen LogP contribution in [0.2, 0.25) is 0 Å². The highest BCUT2D eigenvalue weighted by Gasteiger charge is 2.46. The number of benzene rings is 2. The van der Waals surface area contributed by atoms with Crippen LogP contribution in [0.25, 0.3) is 11.3 Å². The molecule has 39 heavy (non-hydrogen) atoms. The number of nitrogens with one attached hydrogen (secondary N) is 1. The second-order valence-corrected chi connectivity index (χ2v) is 11.4. The standard InChI is InChI=1S/C30H34N6O3/c31-30(37)22-6-3-5-21(14-22)27-16-29(33-18-32-27)34-26-7-2-1-4-20(26)15-23-12-19-13-28(23)35(17-19)24-8-10-25(11-9-24)36(38)39/h3,5-6,8-11,14,16,18-20,23,26,28H,1-2,4,7,12-13,15,17H2,(H2,31,37)(H,32,33,34)/t19-,20+,23-,26-,28-/m1/s1. The molecule has 9 heteroatoms. The van der Waals surface area contributed by atoms with Crippen molar-refractivity contribution in [2.75, 3.05) is 16.8 Å². The first-order valence-electron chi connectivity index (χ1n) is 13.9. The molecule has 5 atom stereocenters. The molecule has 2 bridgehead atoms. The minimum absolute atomic E-state index is 0.143. The molecular formula is C30H34N6O3. The van der Waals surface area contributed by atoms with E-state index in [2.05, 4.69) is 20.2 Å². The van der Waals surface area contributed by atoms with Crippen molar-refractivity contribution in [3.63, 3.8) is 0 Å². The van der Waals surface area contributed by atoms with Crippen molar-refractivity contribution in [3.05, 3.63) is 76.6 Å². The molecule has 2 aliphatic carbocycles. The Bertz CT molecular complexity index is 1360. The van der Waals surface area contributed by atoms with Crippen LogP contribution in [-0.2, 0) is 0 Å². The van der Waals surface area contributed by atoms with E-state index >= 15 is 0 Å². The molecule has 1 amide bonds. The third kappa shape index (κ3) is 5.30. The predicted molar refractivity (Wildman–Crippen MR) is 150 cm³/mol. The molecule has 2 saturated carbocycles. The van der Waals surface area contributed by atoms with Gasteiger partial charge in [0, 0.05) is 53.6 Å². The lowest BCUT2D eigenvalue weighted by atomic mass is 9.77. The zero-order chi connectivity index (χ0) is 26.9. The van der Waals surface area contributed by atoms with Crippen molar-refractivity contribution in [3.8, 4) is 11.3 Å². The van der Waals surface area contributed by atoms with Gasteiger partial charge in [-0.2, -0.15) is 0 Å². The Morgan fingerprint density at radius 3 is 2.64 bits per heavy atom. The number of amides is 1. The van der Waals surface area contributed by atoms with Gasteiger partial charge in [-0.1, -0.05) is 25.0 Å². The molecule has 3 aliphatic rings. The Kier molecular flexibility index (Phi) is 6.89. The largest absolute Gasteiger partial charge is 0.368 e. The molecule has 2 aromatic carbocycles. The smallest absolute Gasteiger partial charge is 0.269 e. The molecule has 6 rings (SSSR count). The number of piperidine rings is 1. The zero-order valence-corrected chi connectivity index (χ0v) is 21.9. The van der Waals surface area contributed by atoms with Gasteiger partial charge in [-0.3, -0.25) is 14.9 Å². The third-order valence-electron chi connectivity index (χ3n) is 8.96. The number of hydrogen-bond acceptors (Lipinski definition) is 7. The van der Waals surface area contributed by atoms with E-state index in [0.29, 0.717) is 35.4 Å². The summed E-state index contributed by atoms with van der Waals surface area (Å²) in [6, 6.07) is 17.1. The normalized spacial score (nSPS) is 25.9. The second-order valence-electron chi connectivity index (χ2n) is 11.4. The molecule has 9 nitrogen and oxygen atoms in total. The van der Waals surface area contributed by atoms with Gasteiger partial charge in [-0.05, 0) is 74.1 Å². The quantitative estimate of drug-likeness (QED) is 0.296. The number of aromatic nitrogens is 2. The lowest BCUT2D eigenvalue weighted by Gasteiger charge is -2.39. The molecule has 3 N–H and O–H groups in total. The predicted octanol–water partition coefficient (Wildman–Crippen LogP) is 5.43. The monoisotopic (exact) mass is 526 g/mol. The molecule has 1 aliphatic heterocycles. The van der Waals surface area contributed by atoms with Crippen LogP contribution < -0.4 is 16.0 Å². The molecular weight excluding hydrogens is 492 g/mol. The average Bonchev–Trinajstić information content (AvgIpc) is 3.55. The Morgan fingerprint density at radius 2 is 1.87 bits per heavy atom. The zero-order valence-electron chi connectivity index (χ0n) is 21.9. The van der Waals surface area contributed by atoms with E-state index in [9.17, 15) is 14.9 Å². The summed E-state index contributed by atoms with van der Waals surface area (Å²) in [5, 5.41) is 14.8. The molecule has 202 valence electrons. The molecule has 2 heterocycles. The first-order valence-corrected chi connectivity index (χ1v) is 13.9. The first-order chi connectivity index (χ1) is 18.9. The van der Waals surface area contributed by atoms with Crippen LogP contribution in [0.5, 0.6) is 0 Å². The van der Waals surface area contributed by atoms with Gasteiger partial charge < -0.3 is 16.0 Å². The molecule has 3 aromatic rings. The highest BCUT2D eigenvalue weighted by Crippen LogP contribution is 2.48. The minimum Gasteiger partial charge on any atom is -0.368 e. The van der Waals surface area contributed by atoms with Gasteiger partial charge in [0.15, 0.2) is 0 Å². The summed E-state index contributed by atoms with van der Waals surface area (Å²) >= 11 is 0. The maximum atomic E-state index is 11.6. The molecule has 0 spiro atoms. The number of anilines is 2. The van der Waals surface area contributed by atoms with Crippen LogP contribution in [0.15, 0.2) is 60.9 Å². The van der Waals surface area contributed by atoms with Gasteiger partial charge in [-0.15, -0.1) is 0 Å². The van der Waals surface area contributed by atoms with Crippen molar-refractivity contribution < 1.29 is 9.72 Å². The number of primary amides is 1. The summed E-state index contributed by atoms with van der Waals surface area (Å²) in [6.45, 7) is 1.05. The van der Waals surface area contributed by atoms with E-state index < -0.39 is 5.91 Å². The van der Waals surface area contributed by atoms with Crippen LogP contribution in [0, 0.1) is 27.9 Å². The highest BCUT2D eigenvalue weighted by atomic mass is 16.6. The maximum absolute atomic E-state index is 11.6. The molecule has 1 aromatic heterocycles. The van der Waals surface area contributed by atoms with Crippen molar-refractivity contribution >= 4 is 23.1 Å². The fraction of sp³-hybridized carbons (Fsp3) is 0.433. The average molecular weight is 527 g/mol. The Hall–Kier alpha value is -4.01. The first kappa shape index (κ1) is 25.3. The van der Waals surface area contributed by atoms with Gasteiger partial charge >= 0.3 is 0 Å². The van der Waals surface area contributed by atoms with E-state index in [1.807, 2.05) is 30.3 Å². The van der Waals surface area contributed by atoms with Gasteiger partial charge in [0.2, 0.25) is 5.91 Å². The van der Waals surface area contributed by atoms with E-state index in [1.165, 1.54) is 38.5 Å². The SMILES string of the molecule is NC(=O)c1cccc(-c2cc(N[C@@H]3CCCC[C@H]3C[C@H]3C[C@@H]4C[C@H]3N(c3ccc([N+](=O)[O-])cc3)C4)ncn2)c1. The minimum atomic E-state index is -0.456. The molecule has 1 saturated heterocycles. The van der Waals surface area contributed by atoms with Gasteiger partial charge in [0.25, 0.3) is 5.69 Å². The number of nitro benzene ring substituents is 1. The number of rotatable bonds is 8. The summed E-state index contributed by atoms with van der Waals surface area (Å²) < 4.78 is 0. The Labute approximate surface area is 228 Å². The number of nitrogens with zero attached hydrogens (tertiary/aromatic N) is 4. The Morgan fingerprint density at radius 1 is 1.05 bits per heavy atom. The number of non-ortho nitro benzene ring substituents is 1. The van der Waals surface area contributed by atoms with E-state index in [4.69, 9.17) is 5.73 Å². The second kappa shape index (κ2) is 10.6. The van der Waals surface area contributed by atoms with Crippen LogP contribution >= 0.6 is 0 Å². The summed E-state index contributed by atoms with van der Waals surface area (Å²) in [7, 11) is 0. The van der Waals surface area contributed by atoms with Crippen LogP contribution in [-0.4, -0.2) is 39.4 Å². The number of fused-ring (bicyclic) bond motifs is 2. The van der Waals surface area contributed by atoms with Gasteiger partial charge in [-0.25, -0.2) is 9.97 Å². The van der Waals surface area contributed by atoms with Gasteiger partial charge in [0.05, 0.1) is 10.6 Å². The van der Waals surface area contributed by atoms with Crippen molar-refractivity contribution in [2.24, 2.45) is 23.5 Å². The number of nitrogens with two attached hydrogens (primary N) is 1. The van der Waals surface area contributed by atoms with Crippen LogP contribution in [0.3, 0.4) is 0 Å². The fourth-order valence-electron chi connectivity index (χ4n) is 7.16. The molecule has 3 fully saturated rings. The number of hydrogen-bond donors (Lipinski definition) is 2. The fourth-order valence-corrected chi connectivity index (χ4v) is 7.16. The maximum Gasteiger partial charge on any atom is 0.269 e. The molecule has 0 unspecified atom stereocenters. The van der Waals surface area contributed by atoms with E-state index in [0.717, 1.165) is 35.7 Å². The summed E-state index contributed by atoms with van der Waals surface area (Å²) in [5.41, 5.74) is 8.77. The third-order valence-corrected chi connectivity index (χ3v) is 8.96. The van der Waals surface area contributed by atoms with Crippen molar-refractivity contribution in [2.45, 2.75) is 57.0 Å². The van der Waals surface area contributed by atoms with Gasteiger partial charge in [0.1, 0.15) is 12.1 Å². The summed E-state index contributed by atoms with van der Waals surface area (Å²) in [5.74, 6) is 2.25. The van der Waals surface area contributed by atoms with Crippen LogP contribution in [0.1, 0.15) is 55.3 Å². The number of carbonyl (C=O) groups excluding carboxylic acids is 1. The lowest BCUT2D eigenvalue weighted by Crippen LogP contribution is -2.41. The van der Waals surface area contributed by atoms with Crippen LogP contribution in [0.4, 0.5) is 17.2 Å².